The molecule has 1 unspecified atom stereocenters. The van der Waals surface area contributed by atoms with E-state index in [1.165, 1.54) is 5.56 Å². The molecule has 1 atom stereocenters. The fourth-order valence-corrected chi connectivity index (χ4v) is 2.74. The summed E-state index contributed by atoms with van der Waals surface area (Å²) in [5.74, 6) is 1.79. The van der Waals surface area contributed by atoms with Gasteiger partial charge in [0.05, 0.1) is 14.2 Å². The minimum absolute atomic E-state index is 0.276. The number of rotatable bonds is 5. The van der Waals surface area contributed by atoms with Crippen molar-refractivity contribution in [2.45, 2.75) is 12.3 Å². The summed E-state index contributed by atoms with van der Waals surface area (Å²) in [4.78, 5) is 0. The third kappa shape index (κ3) is 3.44. The van der Waals surface area contributed by atoms with Crippen LogP contribution in [0.5, 0.6) is 11.5 Å². The summed E-state index contributed by atoms with van der Waals surface area (Å²) in [5, 5.41) is 13.5. The Hall–Kier alpha value is -2.72. The lowest BCUT2D eigenvalue weighted by Gasteiger charge is -2.34. The molecule has 0 radical (unpaired) electrons. The molecule has 0 heterocycles. The fraction of sp³-hybridized carbons (Fsp3) is 0.200. The molecular weight excluding hydrogens is 302 g/mol. The Morgan fingerprint density at radius 3 is 2.38 bits per heavy atom. The van der Waals surface area contributed by atoms with E-state index in [4.69, 9.17) is 9.47 Å². The van der Waals surface area contributed by atoms with E-state index in [1.807, 2.05) is 36.4 Å². The molecule has 0 bridgehead atoms. The monoisotopic (exact) mass is 322 g/mol. The molecular formula is C20H20NO3-. The summed E-state index contributed by atoms with van der Waals surface area (Å²) in [6, 6.07) is 15.2. The Labute approximate surface area is 142 Å². The normalized spacial score (nSPS) is 16.5. The first-order valence-corrected chi connectivity index (χ1v) is 7.85. The first-order valence-electron chi connectivity index (χ1n) is 7.85. The van der Waals surface area contributed by atoms with Gasteiger partial charge >= 0.3 is 0 Å². The first-order chi connectivity index (χ1) is 11.7. The average molecular weight is 322 g/mol. The molecule has 0 aliphatic heterocycles. The molecule has 1 aliphatic carbocycles. The van der Waals surface area contributed by atoms with Gasteiger partial charge in [-0.2, -0.15) is 0 Å². The maximum atomic E-state index is 12.5. The van der Waals surface area contributed by atoms with Gasteiger partial charge in [0.25, 0.3) is 0 Å². The third-order valence-corrected chi connectivity index (χ3v) is 4.15. The standard InChI is InChI=1S/C20H20NO3/c1-23-19-12-8-16(9-13-19)15-6-10-17(11-7-15)21(22)18-4-3-5-20(14-18)24-2/h3-6,8-15H,7H2,1-2H3/q-1. The van der Waals surface area contributed by atoms with Crippen molar-refractivity contribution in [3.8, 4) is 11.5 Å². The number of anilines is 1. The van der Waals surface area contributed by atoms with Gasteiger partial charge in [0, 0.05) is 23.4 Å². The van der Waals surface area contributed by atoms with E-state index in [0.29, 0.717) is 17.1 Å². The van der Waals surface area contributed by atoms with Crippen LogP contribution in [-0.4, -0.2) is 14.2 Å². The Bertz CT molecular complexity index is 750. The summed E-state index contributed by atoms with van der Waals surface area (Å²) < 4.78 is 10.4. The largest absolute Gasteiger partial charge is 0.754 e. The predicted molar refractivity (Wildman–Crippen MR) is 96.4 cm³/mol. The number of ether oxygens (including phenoxy) is 2. The summed E-state index contributed by atoms with van der Waals surface area (Å²) >= 11 is 0. The summed E-state index contributed by atoms with van der Waals surface area (Å²) in [6.45, 7) is 0. The van der Waals surface area contributed by atoms with E-state index < -0.39 is 0 Å². The van der Waals surface area contributed by atoms with E-state index in [0.717, 1.165) is 17.2 Å². The molecule has 1 aliphatic rings. The van der Waals surface area contributed by atoms with Crippen molar-refractivity contribution in [2.75, 3.05) is 19.3 Å². The van der Waals surface area contributed by atoms with Crippen molar-refractivity contribution in [3.63, 3.8) is 0 Å². The number of allylic oxidation sites excluding steroid dienone is 3. The van der Waals surface area contributed by atoms with Crippen molar-refractivity contribution in [2.24, 2.45) is 0 Å². The van der Waals surface area contributed by atoms with Crippen molar-refractivity contribution in [1.29, 1.82) is 0 Å². The zero-order valence-corrected chi connectivity index (χ0v) is 13.8. The first kappa shape index (κ1) is 16.1. The highest BCUT2D eigenvalue weighted by Gasteiger charge is 2.12. The molecule has 24 heavy (non-hydrogen) atoms. The minimum Gasteiger partial charge on any atom is -0.754 e. The molecule has 4 heteroatoms. The Balaban J connectivity index is 1.71. The van der Waals surface area contributed by atoms with Gasteiger partial charge in [0.15, 0.2) is 0 Å². The van der Waals surface area contributed by atoms with Crippen LogP contribution in [0, 0.1) is 5.21 Å². The van der Waals surface area contributed by atoms with E-state index >= 15 is 0 Å². The lowest BCUT2D eigenvalue weighted by atomic mass is 9.91. The summed E-state index contributed by atoms with van der Waals surface area (Å²) in [6.07, 6.45) is 6.72. The van der Waals surface area contributed by atoms with Crippen molar-refractivity contribution in [1.82, 2.24) is 0 Å². The van der Waals surface area contributed by atoms with E-state index in [2.05, 4.69) is 18.2 Å². The van der Waals surface area contributed by atoms with E-state index in [9.17, 15) is 5.21 Å². The smallest absolute Gasteiger partial charge is 0.120 e. The van der Waals surface area contributed by atoms with Crippen LogP contribution >= 0.6 is 0 Å². The molecule has 124 valence electrons. The van der Waals surface area contributed by atoms with Crippen molar-refractivity contribution in [3.05, 3.63) is 83.2 Å². The summed E-state index contributed by atoms with van der Waals surface area (Å²) in [5.41, 5.74) is 2.42. The molecule has 3 rings (SSSR count). The van der Waals surface area contributed by atoms with Crippen LogP contribution in [0.25, 0.3) is 0 Å². The van der Waals surface area contributed by atoms with Crippen LogP contribution in [0.3, 0.4) is 0 Å². The van der Waals surface area contributed by atoms with Gasteiger partial charge in [0.1, 0.15) is 11.5 Å². The van der Waals surface area contributed by atoms with Crippen LogP contribution in [0.1, 0.15) is 17.9 Å². The molecule has 2 aromatic carbocycles. The van der Waals surface area contributed by atoms with Gasteiger partial charge in [-0.25, -0.2) is 0 Å². The van der Waals surface area contributed by atoms with Crippen LogP contribution in [0.15, 0.2) is 72.5 Å². The van der Waals surface area contributed by atoms with E-state index in [1.54, 1.807) is 26.4 Å². The Morgan fingerprint density at radius 1 is 1.00 bits per heavy atom. The van der Waals surface area contributed by atoms with Crippen molar-refractivity contribution >= 4 is 5.69 Å². The second-order valence-corrected chi connectivity index (χ2v) is 5.60. The molecule has 0 amide bonds. The highest BCUT2D eigenvalue weighted by molar-refractivity contribution is 5.58. The predicted octanol–water partition coefficient (Wildman–Crippen LogP) is 4.64. The maximum absolute atomic E-state index is 12.5. The molecule has 2 aromatic rings. The number of benzene rings is 2. The molecule has 0 saturated carbocycles. The van der Waals surface area contributed by atoms with Gasteiger partial charge in [-0.1, -0.05) is 30.4 Å². The number of hydrogen-bond acceptors (Lipinski definition) is 4. The highest BCUT2D eigenvalue weighted by Crippen LogP contribution is 2.31. The molecule has 0 aromatic heterocycles. The van der Waals surface area contributed by atoms with Crippen LogP contribution < -0.4 is 14.5 Å². The zero-order chi connectivity index (χ0) is 16.9. The SMILES string of the molecule is COc1ccc(C2C=CC(N([O-])c3cccc(OC)c3)=CC2)cc1. The van der Waals surface area contributed by atoms with Gasteiger partial charge < -0.3 is 19.7 Å². The lowest BCUT2D eigenvalue weighted by Crippen LogP contribution is -2.15. The minimum atomic E-state index is 0.276. The number of hydrogen-bond donors (Lipinski definition) is 0. The summed E-state index contributed by atoms with van der Waals surface area (Å²) in [7, 11) is 3.25. The van der Waals surface area contributed by atoms with Gasteiger partial charge in [0.2, 0.25) is 0 Å². The highest BCUT2D eigenvalue weighted by atomic mass is 16.5. The molecule has 4 nitrogen and oxygen atoms in total. The molecule has 0 N–H and O–H groups in total. The van der Waals surface area contributed by atoms with Gasteiger partial charge in [-0.05, 0) is 42.3 Å². The number of methoxy groups -OCH3 is 2. The second kappa shape index (κ2) is 7.23. The number of hydroxylamine groups is 1. The molecule has 0 spiro atoms. The van der Waals surface area contributed by atoms with Gasteiger partial charge in [-0.3, -0.25) is 0 Å². The topological polar surface area (TPSA) is 44.8 Å². The van der Waals surface area contributed by atoms with Crippen LogP contribution in [0.4, 0.5) is 5.69 Å². The number of nitrogens with zero attached hydrogens (tertiary/aromatic N) is 1. The zero-order valence-electron chi connectivity index (χ0n) is 13.8. The maximum Gasteiger partial charge on any atom is 0.120 e. The van der Waals surface area contributed by atoms with Crippen molar-refractivity contribution < 1.29 is 9.47 Å². The third-order valence-electron chi connectivity index (χ3n) is 4.15. The lowest BCUT2D eigenvalue weighted by molar-refractivity contribution is 0.414. The van der Waals surface area contributed by atoms with Gasteiger partial charge in [-0.15, -0.1) is 0 Å². The molecule has 0 saturated heterocycles. The van der Waals surface area contributed by atoms with E-state index in [-0.39, 0.29) is 5.92 Å². The van der Waals surface area contributed by atoms with Crippen LogP contribution in [0.2, 0.25) is 0 Å². The Morgan fingerprint density at radius 2 is 1.75 bits per heavy atom. The second-order valence-electron chi connectivity index (χ2n) is 5.60. The molecule has 0 fully saturated rings. The quantitative estimate of drug-likeness (QED) is 0.753. The average Bonchev–Trinajstić information content (AvgIpc) is 2.67. The fourth-order valence-electron chi connectivity index (χ4n) is 2.74. The van der Waals surface area contributed by atoms with Crippen LogP contribution in [-0.2, 0) is 0 Å². The Kier molecular flexibility index (Phi) is 4.87.